The van der Waals surface area contributed by atoms with E-state index in [1.807, 2.05) is 11.3 Å². The largest absolute Gasteiger partial charge is 0.393 e. The third-order valence-electron chi connectivity index (χ3n) is 2.90. The van der Waals surface area contributed by atoms with Gasteiger partial charge >= 0.3 is 0 Å². The Morgan fingerprint density at radius 2 is 2.50 bits per heavy atom. The summed E-state index contributed by atoms with van der Waals surface area (Å²) in [5.74, 6) is 0.420. The van der Waals surface area contributed by atoms with Gasteiger partial charge in [-0.1, -0.05) is 13.0 Å². The lowest BCUT2D eigenvalue weighted by Crippen LogP contribution is -2.41. The summed E-state index contributed by atoms with van der Waals surface area (Å²) in [4.78, 5) is 3.86. The fraction of sp³-hybridized carbons (Fsp3) is 0.636. The van der Waals surface area contributed by atoms with Gasteiger partial charge < -0.3 is 5.11 Å². The second-order valence-electron chi connectivity index (χ2n) is 4.15. The average Bonchev–Trinajstić information content (AvgIpc) is 2.64. The summed E-state index contributed by atoms with van der Waals surface area (Å²) < 4.78 is 0. The molecule has 0 aliphatic carbocycles. The molecule has 2 atom stereocenters. The van der Waals surface area contributed by atoms with Gasteiger partial charge in [0.15, 0.2) is 0 Å². The SMILES string of the molecule is CC1CN(Cc2cccs2)CCC1O. The van der Waals surface area contributed by atoms with Crippen LogP contribution in [0.1, 0.15) is 18.2 Å². The molecule has 1 saturated heterocycles. The summed E-state index contributed by atoms with van der Waals surface area (Å²) in [5, 5.41) is 11.7. The van der Waals surface area contributed by atoms with Gasteiger partial charge in [0.25, 0.3) is 0 Å². The second kappa shape index (κ2) is 4.43. The Morgan fingerprint density at radius 1 is 1.64 bits per heavy atom. The first-order valence-electron chi connectivity index (χ1n) is 5.18. The van der Waals surface area contributed by atoms with Crippen LogP contribution in [0.2, 0.25) is 0 Å². The molecule has 0 saturated carbocycles. The van der Waals surface area contributed by atoms with Gasteiger partial charge in [-0.05, 0) is 23.8 Å². The van der Waals surface area contributed by atoms with Gasteiger partial charge in [0.05, 0.1) is 6.10 Å². The number of hydrogen-bond acceptors (Lipinski definition) is 3. The van der Waals surface area contributed by atoms with Gasteiger partial charge in [0.2, 0.25) is 0 Å². The van der Waals surface area contributed by atoms with E-state index in [4.69, 9.17) is 0 Å². The lowest BCUT2D eigenvalue weighted by atomic mass is 9.97. The maximum atomic E-state index is 9.60. The van der Waals surface area contributed by atoms with Crippen LogP contribution in [-0.4, -0.2) is 29.2 Å². The zero-order valence-corrected chi connectivity index (χ0v) is 9.33. The van der Waals surface area contributed by atoms with E-state index in [1.54, 1.807) is 0 Å². The lowest BCUT2D eigenvalue weighted by molar-refractivity contribution is 0.0324. The van der Waals surface area contributed by atoms with Crippen molar-refractivity contribution in [2.24, 2.45) is 5.92 Å². The molecule has 2 heterocycles. The van der Waals surface area contributed by atoms with E-state index >= 15 is 0 Å². The minimum atomic E-state index is -0.0883. The Morgan fingerprint density at radius 3 is 3.14 bits per heavy atom. The van der Waals surface area contributed by atoms with Crippen molar-refractivity contribution >= 4 is 11.3 Å². The summed E-state index contributed by atoms with van der Waals surface area (Å²) in [6.07, 6.45) is 0.835. The maximum absolute atomic E-state index is 9.60. The van der Waals surface area contributed by atoms with Crippen LogP contribution in [0.3, 0.4) is 0 Å². The van der Waals surface area contributed by atoms with E-state index in [9.17, 15) is 5.11 Å². The lowest BCUT2D eigenvalue weighted by Gasteiger charge is -2.33. The Bertz CT molecular complexity index is 273. The zero-order chi connectivity index (χ0) is 9.97. The monoisotopic (exact) mass is 211 g/mol. The van der Waals surface area contributed by atoms with Crippen LogP contribution in [-0.2, 0) is 6.54 Å². The summed E-state index contributed by atoms with van der Waals surface area (Å²) in [6, 6.07) is 4.28. The van der Waals surface area contributed by atoms with Gasteiger partial charge in [-0.3, -0.25) is 4.90 Å². The van der Waals surface area contributed by atoms with E-state index in [-0.39, 0.29) is 6.10 Å². The molecule has 1 aromatic rings. The van der Waals surface area contributed by atoms with Crippen molar-refractivity contribution < 1.29 is 5.11 Å². The highest BCUT2D eigenvalue weighted by Gasteiger charge is 2.23. The number of rotatable bonds is 2. The Kier molecular flexibility index (Phi) is 3.21. The maximum Gasteiger partial charge on any atom is 0.0590 e. The van der Waals surface area contributed by atoms with E-state index in [0.717, 1.165) is 26.1 Å². The third kappa shape index (κ3) is 2.35. The molecule has 78 valence electrons. The van der Waals surface area contributed by atoms with E-state index in [2.05, 4.69) is 29.3 Å². The highest BCUT2D eigenvalue weighted by molar-refractivity contribution is 7.09. The predicted molar refractivity (Wildman–Crippen MR) is 59.4 cm³/mol. The molecule has 14 heavy (non-hydrogen) atoms. The van der Waals surface area contributed by atoms with Crippen molar-refractivity contribution in [3.8, 4) is 0 Å². The normalized spacial score (nSPS) is 29.3. The number of aliphatic hydroxyl groups excluding tert-OH is 1. The van der Waals surface area contributed by atoms with Gasteiger partial charge in [0, 0.05) is 24.5 Å². The molecule has 2 unspecified atom stereocenters. The molecule has 2 nitrogen and oxygen atoms in total. The predicted octanol–water partition coefficient (Wildman–Crippen LogP) is 1.95. The molecule has 1 aromatic heterocycles. The molecule has 0 aromatic carbocycles. The molecule has 2 rings (SSSR count). The van der Waals surface area contributed by atoms with Crippen molar-refractivity contribution in [3.05, 3.63) is 22.4 Å². The van der Waals surface area contributed by atoms with Crippen molar-refractivity contribution in [3.63, 3.8) is 0 Å². The first-order valence-corrected chi connectivity index (χ1v) is 6.06. The van der Waals surface area contributed by atoms with E-state index < -0.39 is 0 Å². The van der Waals surface area contributed by atoms with Crippen LogP contribution in [0.15, 0.2) is 17.5 Å². The minimum absolute atomic E-state index is 0.0883. The minimum Gasteiger partial charge on any atom is -0.393 e. The summed E-state index contributed by atoms with van der Waals surface area (Å²) >= 11 is 1.81. The number of likely N-dealkylation sites (tertiary alicyclic amines) is 1. The Labute approximate surface area is 89.2 Å². The molecule has 1 fully saturated rings. The highest BCUT2D eigenvalue weighted by Crippen LogP contribution is 2.20. The Balaban J connectivity index is 1.88. The van der Waals surface area contributed by atoms with Crippen LogP contribution in [0.25, 0.3) is 0 Å². The van der Waals surface area contributed by atoms with Crippen LogP contribution >= 0.6 is 11.3 Å². The standard InChI is InChI=1S/C11H17NOS/c1-9-7-12(5-4-11(9)13)8-10-3-2-6-14-10/h2-3,6,9,11,13H,4-5,7-8H2,1H3. The van der Waals surface area contributed by atoms with Crippen LogP contribution in [0.5, 0.6) is 0 Å². The fourth-order valence-corrected chi connectivity index (χ4v) is 2.73. The first kappa shape index (κ1) is 10.1. The molecule has 0 radical (unpaired) electrons. The van der Waals surface area contributed by atoms with Gasteiger partial charge in [-0.15, -0.1) is 11.3 Å². The molecule has 0 amide bonds. The topological polar surface area (TPSA) is 23.5 Å². The summed E-state index contributed by atoms with van der Waals surface area (Å²) in [6.45, 7) is 5.24. The molecular weight excluding hydrogens is 194 g/mol. The average molecular weight is 211 g/mol. The van der Waals surface area contributed by atoms with Crippen molar-refractivity contribution in [1.29, 1.82) is 0 Å². The van der Waals surface area contributed by atoms with Crippen molar-refractivity contribution in [2.45, 2.75) is 26.0 Å². The van der Waals surface area contributed by atoms with E-state index in [1.165, 1.54) is 4.88 Å². The Hall–Kier alpha value is -0.380. The first-order chi connectivity index (χ1) is 6.75. The van der Waals surface area contributed by atoms with Gasteiger partial charge in [-0.25, -0.2) is 0 Å². The molecule has 0 spiro atoms. The number of aliphatic hydroxyl groups is 1. The number of piperidine rings is 1. The van der Waals surface area contributed by atoms with Crippen molar-refractivity contribution in [2.75, 3.05) is 13.1 Å². The smallest absolute Gasteiger partial charge is 0.0590 e. The summed E-state index contributed by atoms with van der Waals surface area (Å²) in [7, 11) is 0. The van der Waals surface area contributed by atoms with Gasteiger partial charge in [0.1, 0.15) is 0 Å². The van der Waals surface area contributed by atoms with Crippen LogP contribution < -0.4 is 0 Å². The summed E-state index contributed by atoms with van der Waals surface area (Å²) in [5.41, 5.74) is 0. The molecule has 1 N–H and O–H groups in total. The third-order valence-corrected chi connectivity index (χ3v) is 3.76. The van der Waals surface area contributed by atoms with Crippen LogP contribution in [0.4, 0.5) is 0 Å². The van der Waals surface area contributed by atoms with E-state index in [0.29, 0.717) is 5.92 Å². The fourth-order valence-electron chi connectivity index (χ4n) is 1.99. The number of hydrogen-bond donors (Lipinski definition) is 1. The number of nitrogens with zero attached hydrogens (tertiary/aromatic N) is 1. The number of thiophene rings is 1. The molecule has 1 aliphatic rings. The highest BCUT2D eigenvalue weighted by atomic mass is 32.1. The second-order valence-corrected chi connectivity index (χ2v) is 5.18. The zero-order valence-electron chi connectivity index (χ0n) is 8.52. The van der Waals surface area contributed by atoms with Crippen molar-refractivity contribution in [1.82, 2.24) is 4.90 Å². The molecule has 3 heteroatoms. The quantitative estimate of drug-likeness (QED) is 0.808. The molecule has 0 bridgehead atoms. The van der Waals surface area contributed by atoms with Gasteiger partial charge in [-0.2, -0.15) is 0 Å². The molecule has 1 aliphatic heterocycles. The van der Waals surface area contributed by atoms with Crippen LogP contribution in [0, 0.1) is 5.92 Å². The molecular formula is C11H17NOS.